The van der Waals surface area contributed by atoms with Crippen LogP contribution in [-0.4, -0.2) is 23.0 Å². The van der Waals surface area contributed by atoms with Crippen LogP contribution in [0.1, 0.15) is 36.4 Å². The maximum absolute atomic E-state index is 13.5. The van der Waals surface area contributed by atoms with Crippen molar-refractivity contribution < 1.29 is 34.4 Å². The Morgan fingerprint density at radius 3 is 2.32 bits per heavy atom. The Labute approximate surface area is 296 Å². The third kappa shape index (κ3) is 7.33. The van der Waals surface area contributed by atoms with E-state index in [9.17, 15) is 4.39 Å². The summed E-state index contributed by atoms with van der Waals surface area (Å²) in [5, 5.41) is 2.67. The smallest absolute Gasteiger partial charge is 0.218 e. The first-order valence-electron chi connectivity index (χ1n) is 17.0. The van der Waals surface area contributed by atoms with E-state index in [1.54, 1.807) is 30.5 Å². The predicted octanol–water partition coefficient (Wildman–Crippen LogP) is 10.2. The summed E-state index contributed by atoms with van der Waals surface area (Å²) in [6.45, 7) is 8.46. The Bertz CT molecular complexity index is 2300. The van der Waals surface area contributed by atoms with Crippen molar-refractivity contribution in [1.82, 2.24) is 15.0 Å². The summed E-state index contributed by atoms with van der Waals surface area (Å²) in [6.07, 6.45) is 3.54. The SMILES string of the molecule is [2H]C(C)(C)c1cc(-c2[c-]cccc2)ncc1[Si](C)(C)C.[2H]C([2H])([2H])c1cc(-c2[c-]ccc3c2oc2nc(F)ccc23)ncc1-c1ccccc1.[Ir]. The molecule has 7 rings (SSSR count). The zero-order valence-corrected chi connectivity index (χ0v) is 30.2. The second kappa shape index (κ2) is 14.2. The summed E-state index contributed by atoms with van der Waals surface area (Å²) < 4.78 is 51.8. The molecular formula is C40H36FIrN3OSi-2. The molecule has 0 N–H and O–H groups in total. The molecule has 0 aliphatic heterocycles. The van der Waals surface area contributed by atoms with Crippen LogP contribution in [-0.2, 0) is 20.1 Å². The van der Waals surface area contributed by atoms with E-state index in [2.05, 4.69) is 52.8 Å². The van der Waals surface area contributed by atoms with Gasteiger partial charge >= 0.3 is 0 Å². The minimum atomic E-state index is -2.34. The molecule has 0 spiro atoms. The summed E-state index contributed by atoms with van der Waals surface area (Å²) in [5.74, 6) is -1.25. The van der Waals surface area contributed by atoms with Gasteiger partial charge in [-0.2, -0.15) is 9.37 Å². The minimum absolute atomic E-state index is 0. The molecule has 0 saturated heterocycles. The Morgan fingerprint density at radius 1 is 0.851 bits per heavy atom. The van der Waals surface area contributed by atoms with Crippen LogP contribution < -0.4 is 5.19 Å². The summed E-state index contributed by atoms with van der Waals surface area (Å²) >= 11 is 0. The summed E-state index contributed by atoms with van der Waals surface area (Å²) in [7, 11) is -1.50. The molecule has 0 amide bonds. The van der Waals surface area contributed by atoms with Crippen LogP contribution in [0, 0.1) is 24.9 Å². The quantitative estimate of drug-likeness (QED) is 0.0987. The molecule has 7 heteroatoms. The summed E-state index contributed by atoms with van der Waals surface area (Å²) in [4.78, 5) is 12.9. The average Bonchev–Trinajstić information content (AvgIpc) is 3.45. The second-order valence-electron chi connectivity index (χ2n) is 12.3. The van der Waals surface area contributed by atoms with Gasteiger partial charge in [-0.1, -0.05) is 92.5 Å². The van der Waals surface area contributed by atoms with Gasteiger partial charge in [-0.15, -0.1) is 54.1 Å². The first kappa shape index (κ1) is 28.9. The normalized spacial score (nSPS) is 13.1. The molecule has 0 atom stereocenters. The van der Waals surface area contributed by atoms with Gasteiger partial charge in [0.25, 0.3) is 0 Å². The largest absolute Gasteiger partial charge is 0.486 e. The molecule has 4 nitrogen and oxygen atoms in total. The molecule has 0 unspecified atom stereocenters. The van der Waals surface area contributed by atoms with Gasteiger partial charge in [-0.3, -0.25) is 0 Å². The van der Waals surface area contributed by atoms with Crippen LogP contribution in [0.25, 0.3) is 55.7 Å². The first-order chi connectivity index (χ1) is 23.6. The van der Waals surface area contributed by atoms with E-state index >= 15 is 0 Å². The fourth-order valence-corrected chi connectivity index (χ4v) is 6.98. The molecule has 7 aromatic rings. The van der Waals surface area contributed by atoms with E-state index in [4.69, 9.17) is 9.90 Å². The fourth-order valence-electron chi connectivity index (χ4n) is 5.40. The second-order valence-corrected chi connectivity index (χ2v) is 17.3. The monoisotopic (exact) mass is 818 g/mol. The molecule has 239 valence electrons. The molecule has 3 aromatic carbocycles. The molecule has 0 fully saturated rings. The summed E-state index contributed by atoms with van der Waals surface area (Å²) in [6, 6.07) is 33.4. The van der Waals surface area contributed by atoms with Crippen molar-refractivity contribution in [3.8, 4) is 33.6 Å². The van der Waals surface area contributed by atoms with Crippen molar-refractivity contribution in [1.29, 1.82) is 0 Å². The van der Waals surface area contributed by atoms with Crippen LogP contribution in [0.2, 0.25) is 19.6 Å². The molecule has 1 radical (unpaired) electrons. The molecule has 4 heterocycles. The van der Waals surface area contributed by atoms with Gasteiger partial charge in [0.15, 0.2) is 0 Å². The maximum Gasteiger partial charge on any atom is 0.218 e. The van der Waals surface area contributed by atoms with Gasteiger partial charge < -0.3 is 14.4 Å². The topological polar surface area (TPSA) is 51.8 Å². The van der Waals surface area contributed by atoms with Crippen molar-refractivity contribution in [2.75, 3.05) is 0 Å². The number of hydrogen-bond donors (Lipinski definition) is 0. The zero-order valence-electron chi connectivity index (χ0n) is 30.8. The first-order valence-corrected chi connectivity index (χ1v) is 18.5. The molecule has 47 heavy (non-hydrogen) atoms. The van der Waals surface area contributed by atoms with Gasteiger partial charge in [0.1, 0.15) is 0 Å². The predicted molar refractivity (Wildman–Crippen MR) is 189 cm³/mol. The van der Waals surface area contributed by atoms with Gasteiger partial charge in [0.2, 0.25) is 11.7 Å². The van der Waals surface area contributed by atoms with Gasteiger partial charge in [-0.05, 0) is 52.6 Å². The molecule has 0 aliphatic carbocycles. The number of hydrogen-bond acceptors (Lipinski definition) is 4. The van der Waals surface area contributed by atoms with Crippen LogP contribution in [0.15, 0.2) is 108 Å². The third-order valence-electron chi connectivity index (χ3n) is 7.75. The number of pyridine rings is 3. The number of halogens is 1. The van der Waals surface area contributed by atoms with Crippen molar-refractivity contribution >= 4 is 35.3 Å². The number of aromatic nitrogens is 3. The van der Waals surface area contributed by atoms with Gasteiger partial charge in [0.05, 0.1) is 13.7 Å². The van der Waals surface area contributed by atoms with E-state index in [-0.39, 0.29) is 31.4 Å². The van der Waals surface area contributed by atoms with E-state index < -0.39 is 26.8 Å². The fraction of sp³-hybridized carbons (Fsp3) is 0.175. The van der Waals surface area contributed by atoms with E-state index in [1.165, 1.54) is 11.3 Å². The van der Waals surface area contributed by atoms with Gasteiger partial charge in [-0.25, -0.2) is 0 Å². The average molecular weight is 818 g/mol. The van der Waals surface area contributed by atoms with Crippen molar-refractivity contribution in [3.05, 3.63) is 133 Å². The molecule has 0 saturated carbocycles. The Balaban J connectivity index is 0.000000211. The van der Waals surface area contributed by atoms with Crippen molar-refractivity contribution in [2.24, 2.45) is 0 Å². The van der Waals surface area contributed by atoms with E-state index in [1.807, 2.05) is 74.6 Å². The van der Waals surface area contributed by atoms with Crippen molar-refractivity contribution in [3.63, 3.8) is 0 Å². The molecule has 0 aliphatic rings. The third-order valence-corrected chi connectivity index (χ3v) is 9.76. The molecule has 4 aromatic heterocycles. The van der Waals surface area contributed by atoms with Crippen LogP contribution in [0.5, 0.6) is 0 Å². The van der Waals surface area contributed by atoms with Crippen molar-refractivity contribution in [2.45, 2.75) is 46.2 Å². The molecular weight excluding hydrogens is 778 g/mol. The van der Waals surface area contributed by atoms with Crippen LogP contribution in [0.4, 0.5) is 4.39 Å². The number of fused-ring (bicyclic) bond motifs is 3. The number of aryl methyl sites for hydroxylation is 1. The maximum atomic E-state index is 13.5. The standard InChI is InChI=1S/C23H14FN2O.C17H22NSi.Ir/c1-14-12-20(25-13-19(14)15-6-3-2-4-7-15)18-9-5-8-16-17-10-11-21(24)26-23(17)27-22(16)18;1-13(2)15-11-16(14-9-7-6-8-10-14)18-12-17(15)19(3,4)5;/h2-8,10-13H,1H3;6-9,11-13H,1-5H3;/q2*-1;/i1D3;13D;. The number of nitrogens with zero attached hydrogens (tertiary/aromatic N) is 3. The zero-order chi connectivity index (χ0) is 35.8. The van der Waals surface area contributed by atoms with Crippen LogP contribution >= 0.6 is 0 Å². The number of furan rings is 1. The molecule has 0 bridgehead atoms. The Kier molecular flexibility index (Phi) is 8.74. The summed E-state index contributed by atoms with van der Waals surface area (Å²) in [5.41, 5.74) is 5.99. The Hall–Kier alpha value is -4.29. The van der Waals surface area contributed by atoms with Gasteiger partial charge in [0, 0.05) is 48.9 Å². The Morgan fingerprint density at radius 2 is 1.62 bits per heavy atom. The van der Waals surface area contributed by atoms with E-state index in [0.717, 1.165) is 27.8 Å². The minimum Gasteiger partial charge on any atom is -0.486 e. The van der Waals surface area contributed by atoms with E-state index in [0.29, 0.717) is 27.8 Å². The van der Waals surface area contributed by atoms with Crippen LogP contribution in [0.3, 0.4) is 0 Å². The number of rotatable bonds is 5. The number of benzene rings is 3.